The van der Waals surface area contributed by atoms with Crippen molar-refractivity contribution in [3.63, 3.8) is 0 Å². The molecule has 1 heterocycles. The van der Waals surface area contributed by atoms with E-state index in [4.69, 9.17) is 40.1 Å². The topological polar surface area (TPSA) is 289 Å². The summed E-state index contributed by atoms with van der Waals surface area (Å²) in [5.74, 6) is 0. The fourth-order valence-corrected chi connectivity index (χ4v) is 7.56. The molecule has 0 amide bonds. The SMILES string of the molecule is C\C(C#N)=C/C(=C\N)C(/N)=C/C=C\Cc1cc(C\C=C/C=C(N)/C(/C=C(\C)C#N)=C/N)c2ccc3c(C/C=C\C=C(/N)C4=CNCC(C#N)=C4)cc(C\C=C/C=C(N)/C(/C=C(\C)C#N)=C/N)c(ccc1C)c3c2. The Bertz CT molecular complexity index is 3310. The standard InChI is InChI=1S/C61H64N12/c1-41(32-62)25-51(36-66)58(69)17-9-5-13-46-29-47(14-6-10-18-59(70)52(37-67)26-42(2)33-63)48-22-24-56-50(16-8-12-20-61(72)54-28-45(35-65)39-73-40-54)30-49(55(57(56)31-48)23-21-44(46)4)15-7-11-19-60(71)53(38-68)27-43(3)34-64/h5-12,17-31,36-38,40,73H,13-16,39,66-72H2,1-4H3/b9-5-,10-6-,11-7-,12-8-,23-21?,41-25+,42-26+,43-27+,44-21?,46-29?,46-44?,47-29?,48-47?,51-36+,52-37+,53-38+,55-23?,58-17-,59-18-,60-19-,61-20-. The van der Waals surface area contributed by atoms with Crippen molar-refractivity contribution in [1.29, 1.82) is 21.0 Å². The molecule has 3 aromatic rings. The van der Waals surface area contributed by atoms with E-state index >= 15 is 0 Å². The Morgan fingerprint density at radius 2 is 0.973 bits per heavy atom. The van der Waals surface area contributed by atoms with Gasteiger partial charge in [-0.1, -0.05) is 85.0 Å². The molecule has 0 fully saturated rings. The maximum Gasteiger partial charge on any atom is 0.0966 e. The van der Waals surface area contributed by atoms with Crippen molar-refractivity contribution in [2.75, 3.05) is 6.54 Å². The van der Waals surface area contributed by atoms with Crippen molar-refractivity contribution >= 4 is 21.5 Å². The van der Waals surface area contributed by atoms with Gasteiger partial charge in [-0.2, -0.15) is 21.0 Å². The van der Waals surface area contributed by atoms with E-state index in [1.165, 1.54) is 18.6 Å². The van der Waals surface area contributed by atoms with Crippen LogP contribution in [-0.2, 0) is 25.7 Å². The molecule has 15 N–H and O–H groups in total. The van der Waals surface area contributed by atoms with Crippen LogP contribution in [0.15, 0.2) is 232 Å². The predicted molar refractivity (Wildman–Crippen MR) is 300 cm³/mol. The molecule has 0 unspecified atom stereocenters. The van der Waals surface area contributed by atoms with E-state index in [1.807, 2.05) is 54.8 Å². The van der Waals surface area contributed by atoms with Crippen LogP contribution in [0.4, 0.5) is 0 Å². The number of aryl methyl sites for hydroxylation is 1. The van der Waals surface area contributed by atoms with E-state index in [-0.39, 0.29) is 0 Å². The van der Waals surface area contributed by atoms with Crippen LogP contribution in [0.2, 0.25) is 0 Å². The molecule has 0 spiro atoms. The molecule has 4 rings (SSSR count). The zero-order chi connectivity index (χ0) is 53.3. The molecule has 3 aromatic carbocycles. The monoisotopic (exact) mass is 965 g/mol. The molecule has 0 aliphatic carbocycles. The van der Waals surface area contributed by atoms with Crippen LogP contribution < -0.4 is 45.5 Å². The summed E-state index contributed by atoms with van der Waals surface area (Å²) in [6.45, 7) is 7.64. The van der Waals surface area contributed by atoms with Gasteiger partial charge < -0.3 is 45.5 Å². The summed E-state index contributed by atoms with van der Waals surface area (Å²) >= 11 is 0. The van der Waals surface area contributed by atoms with Gasteiger partial charge in [-0.3, -0.25) is 0 Å². The summed E-state index contributed by atoms with van der Waals surface area (Å²) in [6, 6.07) is 23.9. The van der Waals surface area contributed by atoms with E-state index in [2.05, 4.69) is 85.1 Å². The Kier molecular flexibility index (Phi) is 21.8. The highest BCUT2D eigenvalue weighted by molar-refractivity contribution is 6.04. The number of nitriles is 4. The first-order chi connectivity index (χ1) is 35.2. The lowest BCUT2D eigenvalue weighted by Gasteiger charge is -2.14. The van der Waals surface area contributed by atoms with Crippen LogP contribution in [0.3, 0.4) is 0 Å². The lowest BCUT2D eigenvalue weighted by molar-refractivity contribution is 0.927. The molecule has 1 aliphatic heterocycles. The van der Waals surface area contributed by atoms with E-state index < -0.39 is 0 Å². The Balaban J connectivity index is 1.97. The largest absolute Gasteiger partial charge is 0.404 e. The van der Waals surface area contributed by atoms with Gasteiger partial charge in [0.05, 0.1) is 24.3 Å². The molecule has 0 saturated heterocycles. The third kappa shape index (κ3) is 16.7. The molecule has 2 bridgehead atoms. The number of dihydropyridines is 1. The fourth-order valence-electron chi connectivity index (χ4n) is 7.56. The van der Waals surface area contributed by atoms with E-state index in [0.29, 0.717) is 94.0 Å². The number of nitrogens with zero attached hydrogens (tertiary/aromatic N) is 4. The predicted octanol–water partition coefficient (Wildman–Crippen LogP) is 9.50. The number of hydrogen-bond donors (Lipinski definition) is 8. The molecular weight excluding hydrogens is 901 g/mol. The first-order valence-corrected chi connectivity index (χ1v) is 23.4. The third-order valence-electron chi connectivity index (χ3n) is 11.6. The van der Waals surface area contributed by atoms with Crippen LogP contribution in [-0.4, -0.2) is 6.54 Å². The van der Waals surface area contributed by atoms with Crippen molar-refractivity contribution in [2.24, 2.45) is 40.1 Å². The molecule has 12 nitrogen and oxygen atoms in total. The molecule has 12 heteroatoms. The minimum Gasteiger partial charge on any atom is -0.404 e. The van der Waals surface area contributed by atoms with Crippen molar-refractivity contribution in [2.45, 2.75) is 53.4 Å². The number of nitrogens with two attached hydrogens (primary N) is 7. The maximum atomic E-state index is 9.42. The summed E-state index contributed by atoms with van der Waals surface area (Å²) in [6.07, 6.45) is 37.9. The number of rotatable bonds is 19. The van der Waals surface area contributed by atoms with Gasteiger partial charge in [-0.05, 0) is 157 Å². The van der Waals surface area contributed by atoms with E-state index in [1.54, 1.807) is 63.3 Å². The first-order valence-electron chi connectivity index (χ1n) is 23.4. The molecular formula is C61H64N12. The molecule has 0 aromatic heterocycles. The highest BCUT2D eigenvalue weighted by atomic mass is 14.8. The Labute approximate surface area is 430 Å². The molecule has 0 radical (unpaired) electrons. The maximum absolute atomic E-state index is 9.42. The normalized spacial score (nSPS) is 15.1. The summed E-state index contributed by atoms with van der Waals surface area (Å²) in [4.78, 5) is 0. The van der Waals surface area contributed by atoms with Gasteiger partial charge >= 0.3 is 0 Å². The smallest absolute Gasteiger partial charge is 0.0966 e. The summed E-state index contributed by atoms with van der Waals surface area (Å²) in [5, 5.41) is 44.7. The molecule has 0 saturated carbocycles. The second kappa shape index (κ2) is 28.6. The number of fused-ring (bicyclic) bond motifs is 1. The van der Waals surface area contributed by atoms with Gasteiger partial charge in [-0.15, -0.1) is 0 Å². The first kappa shape index (κ1) is 55.7. The third-order valence-corrected chi connectivity index (χ3v) is 11.6. The molecule has 368 valence electrons. The Morgan fingerprint density at radius 3 is 1.42 bits per heavy atom. The van der Waals surface area contributed by atoms with Gasteiger partial charge in [-0.25, -0.2) is 0 Å². The Hall–Kier alpha value is -9.88. The lowest BCUT2D eigenvalue weighted by Crippen LogP contribution is -2.16. The zero-order valence-electron chi connectivity index (χ0n) is 42.0. The van der Waals surface area contributed by atoms with Crippen LogP contribution in [0.1, 0.15) is 48.6 Å². The van der Waals surface area contributed by atoms with Crippen molar-refractivity contribution in [1.82, 2.24) is 5.32 Å². The molecule has 73 heavy (non-hydrogen) atoms. The number of allylic oxidation sites excluding steroid dienone is 19. The van der Waals surface area contributed by atoms with Crippen LogP contribution >= 0.6 is 0 Å². The fraction of sp³-hybridized carbons (Fsp3) is 0.148. The van der Waals surface area contributed by atoms with Crippen molar-refractivity contribution in [3.8, 4) is 24.3 Å². The van der Waals surface area contributed by atoms with Gasteiger partial charge in [0, 0.05) is 98.7 Å². The molecule has 0 atom stereocenters. The second-order valence-electron chi connectivity index (χ2n) is 17.0. The number of hydrogen-bond acceptors (Lipinski definition) is 12. The van der Waals surface area contributed by atoms with Crippen LogP contribution in [0.25, 0.3) is 21.5 Å². The minimum absolute atomic E-state index is 0.420. The highest BCUT2D eigenvalue weighted by Gasteiger charge is 2.11. The Morgan fingerprint density at radius 1 is 0.548 bits per heavy atom. The minimum atomic E-state index is 0.420. The van der Waals surface area contributed by atoms with E-state index in [9.17, 15) is 21.0 Å². The number of nitrogens with one attached hydrogen (secondary N) is 1. The van der Waals surface area contributed by atoms with Crippen molar-refractivity contribution < 1.29 is 0 Å². The van der Waals surface area contributed by atoms with E-state index in [0.717, 1.165) is 54.9 Å². The van der Waals surface area contributed by atoms with Gasteiger partial charge in [0.25, 0.3) is 0 Å². The molecule has 1 aliphatic rings. The quantitative estimate of drug-likeness (QED) is 0.0412. The average molecular weight is 965 g/mol. The summed E-state index contributed by atoms with van der Waals surface area (Å²) in [5.41, 5.74) is 54.9. The lowest BCUT2D eigenvalue weighted by atomic mass is 9.91. The zero-order valence-corrected chi connectivity index (χ0v) is 42.0. The van der Waals surface area contributed by atoms with Gasteiger partial charge in [0.15, 0.2) is 0 Å². The average Bonchev–Trinajstić information content (AvgIpc) is 3.40. The van der Waals surface area contributed by atoms with Gasteiger partial charge in [0.1, 0.15) is 0 Å². The van der Waals surface area contributed by atoms with Crippen molar-refractivity contribution in [3.05, 3.63) is 260 Å². The summed E-state index contributed by atoms with van der Waals surface area (Å²) < 4.78 is 0. The van der Waals surface area contributed by atoms with Crippen LogP contribution in [0, 0.1) is 52.2 Å². The highest BCUT2D eigenvalue weighted by Crippen LogP contribution is 2.32. The summed E-state index contributed by atoms with van der Waals surface area (Å²) in [7, 11) is 0. The van der Waals surface area contributed by atoms with Crippen LogP contribution in [0.5, 0.6) is 0 Å². The van der Waals surface area contributed by atoms with Gasteiger partial charge in [0.2, 0.25) is 0 Å². The second-order valence-corrected chi connectivity index (χ2v) is 17.0. The number of benzene rings is 2.